The summed E-state index contributed by atoms with van der Waals surface area (Å²) >= 11 is 0. The summed E-state index contributed by atoms with van der Waals surface area (Å²) in [5.41, 5.74) is 6.21. The molecule has 0 heterocycles. The number of amides is 2. The first-order valence-corrected chi connectivity index (χ1v) is 6.25. The van der Waals surface area contributed by atoms with Crippen LogP contribution in [0.4, 0.5) is 11.4 Å². The molecule has 4 N–H and O–H groups in total. The summed E-state index contributed by atoms with van der Waals surface area (Å²) in [5.74, 6) is 0.0538. The molecule has 1 aromatic rings. The SMILES string of the molecule is COc1ccc(NC(=O)CNC(=O)C(C)(C)C)cc1N.Cl. The summed E-state index contributed by atoms with van der Waals surface area (Å²) in [4.78, 5) is 23.3. The van der Waals surface area contributed by atoms with E-state index in [0.29, 0.717) is 17.1 Å². The molecule has 2 amide bonds. The van der Waals surface area contributed by atoms with Gasteiger partial charge in [-0.3, -0.25) is 9.59 Å². The van der Waals surface area contributed by atoms with E-state index in [2.05, 4.69) is 10.6 Å². The van der Waals surface area contributed by atoms with E-state index < -0.39 is 5.41 Å². The number of nitrogen functional groups attached to an aromatic ring is 1. The largest absolute Gasteiger partial charge is 0.495 e. The Labute approximate surface area is 130 Å². The Morgan fingerprint density at radius 1 is 1.29 bits per heavy atom. The van der Waals surface area contributed by atoms with Crippen LogP contribution in [0, 0.1) is 5.41 Å². The zero-order valence-corrected chi connectivity index (χ0v) is 13.5. The van der Waals surface area contributed by atoms with E-state index in [4.69, 9.17) is 10.5 Å². The van der Waals surface area contributed by atoms with Gasteiger partial charge in [0.1, 0.15) is 5.75 Å². The quantitative estimate of drug-likeness (QED) is 0.739. The van der Waals surface area contributed by atoms with E-state index >= 15 is 0 Å². The minimum absolute atomic E-state index is 0. The van der Waals surface area contributed by atoms with Gasteiger partial charge in [-0.2, -0.15) is 0 Å². The third-order valence-electron chi connectivity index (χ3n) is 2.60. The summed E-state index contributed by atoms with van der Waals surface area (Å²) in [6.45, 7) is 5.27. The molecule has 0 fully saturated rings. The maximum absolute atomic E-state index is 11.7. The van der Waals surface area contributed by atoms with Gasteiger partial charge in [0.05, 0.1) is 19.3 Å². The Balaban J connectivity index is 0.00000400. The zero-order valence-electron chi connectivity index (χ0n) is 12.6. The van der Waals surface area contributed by atoms with Gasteiger partial charge in [0, 0.05) is 11.1 Å². The number of carbonyl (C=O) groups is 2. The van der Waals surface area contributed by atoms with Crippen LogP contribution in [0.1, 0.15) is 20.8 Å². The topological polar surface area (TPSA) is 93.5 Å². The lowest BCUT2D eigenvalue weighted by Gasteiger charge is -2.17. The molecule has 0 aromatic heterocycles. The molecule has 0 aliphatic rings. The van der Waals surface area contributed by atoms with Crippen LogP contribution in [0.2, 0.25) is 0 Å². The number of hydrogen-bond donors (Lipinski definition) is 3. The van der Waals surface area contributed by atoms with Crippen LogP contribution in [-0.4, -0.2) is 25.5 Å². The van der Waals surface area contributed by atoms with Gasteiger partial charge in [0.25, 0.3) is 0 Å². The number of anilines is 2. The zero-order chi connectivity index (χ0) is 15.3. The fourth-order valence-corrected chi connectivity index (χ4v) is 1.44. The first kappa shape index (κ1) is 19.1. The van der Waals surface area contributed by atoms with Gasteiger partial charge in [0.2, 0.25) is 11.8 Å². The van der Waals surface area contributed by atoms with E-state index in [9.17, 15) is 9.59 Å². The first-order chi connectivity index (χ1) is 9.24. The van der Waals surface area contributed by atoms with E-state index in [1.807, 2.05) is 0 Å². The van der Waals surface area contributed by atoms with Crippen LogP contribution in [0.5, 0.6) is 5.75 Å². The molecule has 6 nitrogen and oxygen atoms in total. The average molecular weight is 316 g/mol. The van der Waals surface area contributed by atoms with Crippen molar-refractivity contribution in [1.29, 1.82) is 0 Å². The summed E-state index contributed by atoms with van der Waals surface area (Å²) in [7, 11) is 1.52. The molecule has 0 unspecified atom stereocenters. The molecule has 21 heavy (non-hydrogen) atoms. The molecule has 1 aromatic carbocycles. The lowest BCUT2D eigenvalue weighted by molar-refractivity contribution is -0.130. The van der Waals surface area contributed by atoms with Gasteiger partial charge in [-0.15, -0.1) is 12.4 Å². The van der Waals surface area contributed by atoms with Gasteiger partial charge in [-0.1, -0.05) is 20.8 Å². The van der Waals surface area contributed by atoms with Crippen LogP contribution in [0.3, 0.4) is 0 Å². The number of rotatable bonds is 4. The molecule has 0 atom stereocenters. The lowest BCUT2D eigenvalue weighted by atomic mass is 9.96. The average Bonchev–Trinajstić information content (AvgIpc) is 2.35. The van der Waals surface area contributed by atoms with Crippen molar-refractivity contribution in [3.8, 4) is 5.75 Å². The maximum atomic E-state index is 11.7. The number of methoxy groups -OCH3 is 1. The highest BCUT2D eigenvalue weighted by atomic mass is 35.5. The summed E-state index contributed by atoms with van der Waals surface area (Å²) < 4.78 is 5.03. The Morgan fingerprint density at radius 2 is 1.90 bits per heavy atom. The molecule has 0 saturated carbocycles. The molecule has 1 rings (SSSR count). The number of halogens is 1. The van der Waals surface area contributed by atoms with Crippen molar-refractivity contribution in [3.05, 3.63) is 18.2 Å². The maximum Gasteiger partial charge on any atom is 0.243 e. The van der Waals surface area contributed by atoms with Crippen molar-refractivity contribution in [2.75, 3.05) is 24.7 Å². The number of ether oxygens (including phenoxy) is 1. The van der Waals surface area contributed by atoms with Gasteiger partial charge in [-0.05, 0) is 18.2 Å². The van der Waals surface area contributed by atoms with E-state index in [1.165, 1.54) is 7.11 Å². The smallest absolute Gasteiger partial charge is 0.243 e. The summed E-state index contributed by atoms with van der Waals surface area (Å²) in [6, 6.07) is 4.94. The van der Waals surface area contributed by atoms with E-state index in [-0.39, 0.29) is 30.8 Å². The molecular formula is C14H22ClN3O3. The second kappa shape index (κ2) is 7.73. The normalized spacial score (nSPS) is 10.3. The van der Waals surface area contributed by atoms with Crippen molar-refractivity contribution < 1.29 is 14.3 Å². The highest BCUT2D eigenvalue weighted by molar-refractivity contribution is 5.95. The first-order valence-electron chi connectivity index (χ1n) is 6.25. The Bertz CT molecular complexity index is 513. The lowest BCUT2D eigenvalue weighted by Crippen LogP contribution is -2.39. The number of carbonyl (C=O) groups excluding carboxylic acids is 2. The fourth-order valence-electron chi connectivity index (χ4n) is 1.44. The molecule has 0 aliphatic carbocycles. The third-order valence-corrected chi connectivity index (χ3v) is 2.60. The van der Waals surface area contributed by atoms with Crippen molar-refractivity contribution in [1.82, 2.24) is 5.32 Å². The van der Waals surface area contributed by atoms with Crippen LogP contribution in [-0.2, 0) is 9.59 Å². The van der Waals surface area contributed by atoms with Gasteiger partial charge >= 0.3 is 0 Å². The van der Waals surface area contributed by atoms with Gasteiger partial charge < -0.3 is 21.1 Å². The van der Waals surface area contributed by atoms with Gasteiger partial charge in [-0.25, -0.2) is 0 Å². The molecule has 118 valence electrons. The summed E-state index contributed by atoms with van der Waals surface area (Å²) in [6.07, 6.45) is 0. The highest BCUT2D eigenvalue weighted by Crippen LogP contribution is 2.24. The van der Waals surface area contributed by atoms with Crippen LogP contribution in [0.15, 0.2) is 18.2 Å². The van der Waals surface area contributed by atoms with Crippen LogP contribution < -0.4 is 21.1 Å². The van der Waals surface area contributed by atoms with Crippen LogP contribution >= 0.6 is 12.4 Å². The van der Waals surface area contributed by atoms with E-state index in [1.54, 1.807) is 39.0 Å². The molecule has 0 aliphatic heterocycles. The molecule has 0 radical (unpaired) electrons. The van der Waals surface area contributed by atoms with Gasteiger partial charge in [0.15, 0.2) is 0 Å². The molecule has 0 spiro atoms. The fraction of sp³-hybridized carbons (Fsp3) is 0.429. The minimum Gasteiger partial charge on any atom is -0.495 e. The standard InChI is InChI=1S/C14H21N3O3.ClH/c1-14(2,3)13(19)16-8-12(18)17-9-5-6-11(20-4)10(15)7-9;/h5-7H,8,15H2,1-4H3,(H,16,19)(H,17,18);1H. The second-order valence-corrected chi connectivity index (χ2v) is 5.44. The Hall–Kier alpha value is -1.95. The van der Waals surface area contributed by atoms with Crippen molar-refractivity contribution >= 4 is 35.6 Å². The van der Waals surface area contributed by atoms with Crippen molar-refractivity contribution in [2.24, 2.45) is 5.41 Å². The summed E-state index contributed by atoms with van der Waals surface area (Å²) in [5, 5.41) is 5.22. The Kier molecular flexibility index (Phi) is 7.01. The monoisotopic (exact) mass is 315 g/mol. The predicted octanol–water partition coefficient (Wildman–Crippen LogP) is 1.80. The molecular weight excluding hydrogens is 294 g/mol. The number of nitrogens with two attached hydrogens (primary N) is 1. The number of nitrogens with one attached hydrogen (secondary N) is 2. The predicted molar refractivity (Wildman–Crippen MR) is 85.7 cm³/mol. The molecule has 0 bridgehead atoms. The Morgan fingerprint density at radius 3 is 2.38 bits per heavy atom. The number of benzene rings is 1. The highest BCUT2D eigenvalue weighted by Gasteiger charge is 2.21. The van der Waals surface area contributed by atoms with E-state index in [0.717, 1.165) is 0 Å². The van der Waals surface area contributed by atoms with Crippen molar-refractivity contribution in [3.63, 3.8) is 0 Å². The molecule has 0 saturated heterocycles. The minimum atomic E-state index is -0.523. The number of hydrogen-bond acceptors (Lipinski definition) is 4. The molecule has 7 heteroatoms. The second-order valence-electron chi connectivity index (χ2n) is 5.44. The third kappa shape index (κ3) is 5.91. The van der Waals surface area contributed by atoms with Crippen LogP contribution in [0.25, 0.3) is 0 Å². The van der Waals surface area contributed by atoms with Crippen molar-refractivity contribution in [2.45, 2.75) is 20.8 Å².